The van der Waals surface area contributed by atoms with Gasteiger partial charge in [-0.25, -0.2) is 0 Å². The standard InChI is InChI=1S/C15H20N2O3/c1-4-20-10(2)15(18)16-9-12-7-11-8-13(19-3)5-6-14(11)17-12/h5-8,10,17H,4,9H2,1-3H3,(H,16,18)/t10-/m1/s1. The summed E-state index contributed by atoms with van der Waals surface area (Å²) in [6.07, 6.45) is -0.426. The lowest BCUT2D eigenvalue weighted by Crippen LogP contribution is -2.34. The zero-order chi connectivity index (χ0) is 14.5. The highest BCUT2D eigenvalue weighted by atomic mass is 16.5. The third-order valence-electron chi connectivity index (χ3n) is 3.12. The third-order valence-corrected chi connectivity index (χ3v) is 3.12. The molecule has 0 bridgehead atoms. The maximum absolute atomic E-state index is 11.8. The van der Waals surface area contributed by atoms with Crippen molar-refractivity contribution in [3.8, 4) is 5.75 Å². The van der Waals surface area contributed by atoms with Crippen LogP contribution in [0.1, 0.15) is 19.5 Å². The molecule has 1 heterocycles. The molecule has 2 rings (SSSR count). The molecular weight excluding hydrogens is 256 g/mol. The minimum atomic E-state index is -0.426. The molecule has 0 radical (unpaired) electrons. The van der Waals surface area contributed by atoms with Crippen molar-refractivity contribution in [3.63, 3.8) is 0 Å². The highest BCUT2D eigenvalue weighted by Crippen LogP contribution is 2.21. The van der Waals surface area contributed by atoms with Crippen molar-refractivity contribution in [1.82, 2.24) is 10.3 Å². The van der Waals surface area contributed by atoms with Crippen molar-refractivity contribution < 1.29 is 14.3 Å². The monoisotopic (exact) mass is 276 g/mol. The second kappa shape index (κ2) is 6.43. The minimum absolute atomic E-state index is 0.108. The Morgan fingerprint density at radius 3 is 2.90 bits per heavy atom. The summed E-state index contributed by atoms with van der Waals surface area (Å²) in [4.78, 5) is 15.0. The zero-order valence-corrected chi connectivity index (χ0v) is 12.0. The van der Waals surface area contributed by atoms with E-state index in [1.807, 2.05) is 31.2 Å². The SMILES string of the molecule is CCO[C@H](C)C(=O)NCc1cc2cc(OC)ccc2[nH]1. The summed E-state index contributed by atoms with van der Waals surface area (Å²) in [6.45, 7) is 4.60. The molecule has 0 unspecified atom stereocenters. The van der Waals surface area contributed by atoms with Gasteiger partial charge in [0, 0.05) is 23.2 Å². The Morgan fingerprint density at radius 1 is 1.40 bits per heavy atom. The van der Waals surface area contributed by atoms with Crippen molar-refractivity contribution in [3.05, 3.63) is 30.0 Å². The molecule has 5 heteroatoms. The number of H-pyrrole nitrogens is 1. The van der Waals surface area contributed by atoms with Crippen molar-refractivity contribution in [2.24, 2.45) is 0 Å². The van der Waals surface area contributed by atoms with Crippen LogP contribution in [0.2, 0.25) is 0 Å². The van der Waals surface area contributed by atoms with E-state index in [4.69, 9.17) is 9.47 Å². The Bertz CT molecular complexity index is 592. The van der Waals surface area contributed by atoms with Gasteiger partial charge in [0.15, 0.2) is 0 Å². The Kier molecular flexibility index (Phi) is 4.63. The fraction of sp³-hybridized carbons (Fsp3) is 0.400. The molecule has 1 atom stereocenters. The number of aromatic amines is 1. The Hall–Kier alpha value is -2.01. The maximum Gasteiger partial charge on any atom is 0.249 e. The highest BCUT2D eigenvalue weighted by molar-refractivity contribution is 5.83. The number of ether oxygens (including phenoxy) is 2. The molecule has 0 aliphatic heterocycles. The van der Waals surface area contributed by atoms with E-state index in [0.29, 0.717) is 13.2 Å². The molecule has 1 aromatic carbocycles. The minimum Gasteiger partial charge on any atom is -0.497 e. The number of hydrogen-bond donors (Lipinski definition) is 2. The maximum atomic E-state index is 11.8. The van der Waals surface area contributed by atoms with Gasteiger partial charge in [-0.05, 0) is 38.1 Å². The molecule has 1 aromatic heterocycles. The van der Waals surface area contributed by atoms with Crippen LogP contribution >= 0.6 is 0 Å². The summed E-state index contributed by atoms with van der Waals surface area (Å²) in [5, 5.41) is 3.91. The van der Waals surface area contributed by atoms with E-state index in [0.717, 1.165) is 22.3 Å². The molecule has 0 saturated carbocycles. The lowest BCUT2D eigenvalue weighted by Gasteiger charge is -2.11. The van der Waals surface area contributed by atoms with Crippen molar-refractivity contribution in [2.75, 3.05) is 13.7 Å². The smallest absolute Gasteiger partial charge is 0.249 e. The molecule has 2 aromatic rings. The fourth-order valence-electron chi connectivity index (χ4n) is 2.04. The van der Waals surface area contributed by atoms with Crippen molar-refractivity contribution in [1.29, 1.82) is 0 Å². The van der Waals surface area contributed by atoms with Crippen LogP contribution in [0.3, 0.4) is 0 Å². The van der Waals surface area contributed by atoms with E-state index in [2.05, 4.69) is 10.3 Å². The number of carbonyl (C=O) groups excluding carboxylic acids is 1. The summed E-state index contributed by atoms with van der Waals surface area (Å²) < 4.78 is 10.4. The van der Waals surface area contributed by atoms with E-state index in [1.165, 1.54) is 0 Å². The average Bonchev–Trinajstić information content (AvgIpc) is 2.86. The molecule has 20 heavy (non-hydrogen) atoms. The van der Waals surface area contributed by atoms with Gasteiger partial charge in [0.1, 0.15) is 11.9 Å². The first-order valence-corrected chi connectivity index (χ1v) is 6.69. The van der Waals surface area contributed by atoms with Crippen LogP contribution in [-0.4, -0.2) is 30.7 Å². The Balaban J connectivity index is 2.01. The van der Waals surface area contributed by atoms with Crippen LogP contribution in [0.4, 0.5) is 0 Å². The quantitative estimate of drug-likeness (QED) is 0.850. The van der Waals surface area contributed by atoms with Gasteiger partial charge < -0.3 is 19.8 Å². The van der Waals surface area contributed by atoms with E-state index in [9.17, 15) is 4.79 Å². The van der Waals surface area contributed by atoms with E-state index < -0.39 is 6.10 Å². The number of hydrogen-bond acceptors (Lipinski definition) is 3. The first-order chi connectivity index (χ1) is 9.63. The summed E-state index contributed by atoms with van der Waals surface area (Å²) in [5.41, 5.74) is 1.97. The van der Waals surface area contributed by atoms with Gasteiger partial charge in [0.25, 0.3) is 0 Å². The summed E-state index contributed by atoms with van der Waals surface area (Å²) in [7, 11) is 1.64. The number of nitrogens with one attached hydrogen (secondary N) is 2. The van der Waals surface area contributed by atoms with Gasteiger partial charge in [0.2, 0.25) is 5.91 Å². The first kappa shape index (κ1) is 14.4. The molecule has 1 amide bonds. The van der Waals surface area contributed by atoms with Gasteiger partial charge in [-0.15, -0.1) is 0 Å². The number of carbonyl (C=O) groups is 1. The second-order valence-corrected chi connectivity index (χ2v) is 4.56. The number of rotatable bonds is 6. The van der Waals surface area contributed by atoms with Crippen LogP contribution < -0.4 is 10.1 Å². The Labute approximate surface area is 118 Å². The van der Waals surface area contributed by atoms with Crippen LogP contribution in [0.15, 0.2) is 24.3 Å². The van der Waals surface area contributed by atoms with Gasteiger partial charge in [-0.1, -0.05) is 0 Å². The largest absolute Gasteiger partial charge is 0.497 e. The topological polar surface area (TPSA) is 63.4 Å². The fourth-order valence-corrected chi connectivity index (χ4v) is 2.04. The number of methoxy groups -OCH3 is 1. The molecule has 0 aliphatic rings. The van der Waals surface area contributed by atoms with Gasteiger partial charge >= 0.3 is 0 Å². The molecule has 0 spiro atoms. The molecule has 5 nitrogen and oxygen atoms in total. The summed E-state index contributed by atoms with van der Waals surface area (Å²) in [5.74, 6) is 0.708. The number of amides is 1. The van der Waals surface area contributed by atoms with E-state index in [-0.39, 0.29) is 5.91 Å². The van der Waals surface area contributed by atoms with Crippen LogP contribution in [0.5, 0.6) is 5.75 Å². The Morgan fingerprint density at radius 2 is 2.20 bits per heavy atom. The molecule has 2 N–H and O–H groups in total. The molecular formula is C15H20N2O3. The molecule has 0 saturated heterocycles. The van der Waals surface area contributed by atoms with E-state index >= 15 is 0 Å². The lowest BCUT2D eigenvalue weighted by molar-refractivity contribution is -0.131. The number of fused-ring (bicyclic) bond motifs is 1. The van der Waals surface area contributed by atoms with Crippen molar-refractivity contribution in [2.45, 2.75) is 26.5 Å². The third kappa shape index (κ3) is 3.30. The van der Waals surface area contributed by atoms with Gasteiger partial charge in [-0.3, -0.25) is 4.79 Å². The molecule has 0 fully saturated rings. The predicted molar refractivity (Wildman–Crippen MR) is 77.8 cm³/mol. The van der Waals surface area contributed by atoms with Crippen LogP contribution in [0, 0.1) is 0 Å². The van der Waals surface area contributed by atoms with E-state index in [1.54, 1.807) is 14.0 Å². The molecule has 108 valence electrons. The van der Waals surface area contributed by atoms with Crippen LogP contribution in [0.25, 0.3) is 10.9 Å². The van der Waals surface area contributed by atoms with Gasteiger partial charge in [-0.2, -0.15) is 0 Å². The van der Waals surface area contributed by atoms with Crippen LogP contribution in [-0.2, 0) is 16.1 Å². The lowest BCUT2D eigenvalue weighted by atomic mass is 10.2. The highest BCUT2D eigenvalue weighted by Gasteiger charge is 2.12. The summed E-state index contributed by atoms with van der Waals surface area (Å²) in [6, 6.07) is 7.82. The number of aromatic nitrogens is 1. The zero-order valence-electron chi connectivity index (χ0n) is 12.0. The van der Waals surface area contributed by atoms with Crippen molar-refractivity contribution >= 4 is 16.8 Å². The number of benzene rings is 1. The average molecular weight is 276 g/mol. The normalized spacial score (nSPS) is 12.3. The summed E-state index contributed by atoms with van der Waals surface area (Å²) >= 11 is 0. The molecule has 0 aliphatic carbocycles. The predicted octanol–water partition coefficient (Wildman–Crippen LogP) is 2.22. The second-order valence-electron chi connectivity index (χ2n) is 4.56. The first-order valence-electron chi connectivity index (χ1n) is 6.69. The van der Waals surface area contributed by atoms with Gasteiger partial charge in [0.05, 0.1) is 13.7 Å².